The second-order valence-electron chi connectivity index (χ2n) is 7.66. The molecule has 15 nitrogen and oxygen atoms in total. The van der Waals surface area contributed by atoms with Gasteiger partial charge in [-0.2, -0.15) is 0 Å². The van der Waals surface area contributed by atoms with Crippen LogP contribution in [0.25, 0.3) is 0 Å². The number of hydrogen-bond acceptors (Lipinski definition) is 13. The highest BCUT2D eigenvalue weighted by molar-refractivity contribution is 8.01. The van der Waals surface area contributed by atoms with Gasteiger partial charge in [0.25, 0.3) is 11.8 Å². The smallest absolute Gasteiger partial charge is 0.352 e. The molecular formula is C21H21N9O6S3. The predicted octanol–water partition coefficient (Wildman–Crippen LogP) is 0.322. The lowest BCUT2D eigenvalue weighted by atomic mass is 10.0. The lowest BCUT2D eigenvalue weighted by Gasteiger charge is -2.49. The number of oxime groups is 1. The van der Waals surface area contributed by atoms with Gasteiger partial charge in [-0.1, -0.05) is 35.6 Å². The van der Waals surface area contributed by atoms with Gasteiger partial charge in [0.15, 0.2) is 10.8 Å². The number of tetrazole rings is 1. The third-order valence-electron chi connectivity index (χ3n) is 5.21. The average molecular weight is 592 g/mol. The molecule has 3 amide bonds. The first-order valence-corrected chi connectivity index (χ1v) is 14.0. The van der Waals surface area contributed by atoms with Gasteiger partial charge in [-0.05, 0) is 16.0 Å². The molecule has 2 aromatic rings. The molecule has 4 rings (SSSR count). The Morgan fingerprint density at radius 2 is 2.18 bits per heavy atom. The SMILES string of the molecule is C=CCON=C(C(=O)NC1C(=O)N2C(C(=O)O)=C(CSc3nnnn3CC=C)CS[C@H]12)c1csc(NC=O)n1. The summed E-state index contributed by atoms with van der Waals surface area (Å²) >= 11 is 3.63. The van der Waals surface area contributed by atoms with E-state index in [0.717, 1.165) is 11.3 Å². The van der Waals surface area contributed by atoms with E-state index >= 15 is 0 Å². The summed E-state index contributed by atoms with van der Waals surface area (Å²) in [4.78, 5) is 59.4. The highest BCUT2D eigenvalue weighted by Crippen LogP contribution is 2.41. The highest BCUT2D eigenvalue weighted by atomic mass is 32.2. The van der Waals surface area contributed by atoms with E-state index in [2.05, 4.69) is 49.5 Å². The summed E-state index contributed by atoms with van der Waals surface area (Å²) in [5.74, 6) is -2.02. The number of carboxylic acid groups (broad SMARTS) is 1. The molecule has 1 saturated heterocycles. The van der Waals surface area contributed by atoms with Gasteiger partial charge in [0, 0.05) is 16.9 Å². The van der Waals surface area contributed by atoms with E-state index in [9.17, 15) is 24.3 Å². The number of allylic oxidation sites excluding steroid dienone is 1. The molecule has 0 bridgehead atoms. The number of carboxylic acids is 1. The summed E-state index contributed by atoms with van der Waals surface area (Å²) in [6.07, 6.45) is 3.51. The normalized spacial score (nSPS) is 18.6. The standard InChI is InChI=1S/C21H21N9O6S3/c1-3-5-29-21(25-27-28-29)39-8-11-7-37-18-14(17(33)30(18)15(11)19(34)35)24-16(32)13(26-36-6-4-2)12-9-38-20(23-12)22-10-31/h3-4,9-10,14,18H,1-2,5-8H2,(H,24,32)(H,34,35)(H,22,23,31)/t14?,18-/m1/s1. The van der Waals surface area contributed by atoms with Gasteiger partial charge >= 0.3 is 5.97 Å². The summed E-state index contributed by atoms with van der Waals surface area (Å²) in [7, 11) is 0. The monoisotopic (exact) mass is 591 g/mol. The van der Waals surface area contributed by atoms with E-state index in [1.165, 1.54) is 44.6 Å². The van der Waals surface area contributed by atoms with Gasteiger partial charge in [0.2, 0.25) is 11.6 Å². The first kappa shape index (κ1) is 28.0. The number of hydrogen-bond donors (Lipinski definition) is 3. The Morgan fingerprint density at radius 3 is 2.90 bits per heavy atom. The Morgan fingerprint density at radius 1 is 1.36 bits per heavy atom. The van der Waals surface area contributed by atoms with Gasteiger partial charge in [-0.15, -0.1) is 34.8 Å². The molecule has 1 fully saturated rings. The Bertz CT molecular complexity index is 1370. The van der Waals surface area contributed by atoms with Crippen molar-refractivity contribution in [2.45, 2.75) is 23.1 Å². The van der Waals surface area contributed by atoms with Crippen LogP contribution in [0.5, 0.6) is 0 Å². The number of aliphatic carboxylic acids is 1. The van der Waals surface area contributed by atoms with Crippen molar-refractivity contribution in [3.63, 3.8) is 0 Å². The van der Waals surface area contributed by atoms with Crippen LogP contribution in [0.3, 0.4) is 0 Å². The Kier molecular flexibility index (Phi) is 9.10. The minimum absolute atomic E-state index is 0.0164. The Labute approximate surface area is 233 Å². The molecule has 3 N–H and O–H groups in total. The maximum absolute atomic E-state index is 13.1. The van der Waals surface area contributed by atoms with Gasteiger partial charge < -0.3 is 20.6 Å². The van der Waals surface area contributed by atoms with Gasteiger partial charge in [0.05, 0.1) is 6.54 Å². The molecular weight excluding hydrogens is 570 g/mol. The maximum Gasteiger partial charge on any atom is 0.352 e. The molecule has 0 aliphatic carbocycles. The first-order chi connectivity index (χ1) is 18.9. The van der Waals surface area contributed by atoms with Crippen LogP contribution in [0.1, 0.15) is 5.69 Å². The first-order valence-electron chi connectivity index (χ1n) is 11.1. The number of aromatic nitrogens is 5. The topological polar surface area (TPSA) is 194 Å². The zero-order chi connectivity index (χ0) is 27.9. The van der Waals surface area contributed by atoms with Crippen molar-refractivity contribution < 1.29 is 29.1 Å². The molecule has 204 valence electrons. The maximum atomic E-state index is 13.1. The number of thioether (sulfide) groups is 2. The number of carbonyl (C=O) groups is 4. The number of carbonyl (C=O) groups excluding carboxylic acids is 3. The summed E-state index contributed by atoms with van der Waals surface area (Å²) < 4.78 is 1.52. The molecule has 4 heterocycles. The molecule has 0 radical (unpaired) electrons. The van der Waals surface area contributed by atoms with Crippen molar-refractivity contribution >= 4 is 69.9 Å². The fourth-order valence-corrected chi connectivity index (χ4v) is 6.58. The number of β-lactam (4-membered cyclic amide) rings is 1. The molecule has 18 heteroatoms. The number of thiazole rings is 1. The molecule has 2 atom stereocenters. The predicted molar refractivity (Wildman–Crippen MR) is 143 cm³/mol. The Balaban J connectivity index is 1.49. The van der Waals surface area contributed by atoms with Crippen molar-refractivity contribution in [2.75, 3.05) is 23.4 Å². The van der Waals surface area contributed by atoms with Crippen molar-refractivity contribution in [3.05, 3.63) is 47.7 Å². The zero-order valence-electron chi connectivity index (χ0n) is 20.1. The molecule has 2 aliphatic heterocycles. The van der Waals surface area contributed by atoms with Gasteiger partial charge in [-0.25, -0.2) is 14.5 Å². The molecule has 1 unspecified atom stereocenters. The number of nitrogens with one attached hydrogen (secondary N) is 2. The number of amides is 3. The molecule has 39 heavy (non-hydrogen) atoms. The van der Waals surface area contributed by atoms with E-state index in [-0.39, 0.29) is 34.6 Å². The molecule has 2 aliphatic rings. The highest BCUT2D eigenvalue weighted by Gasteiger charge is 2.54. The fraction of sp³-hybridized carbons (Fsp3) is 0.286. The van der Waals surface area contributed by atoms with Crippen LogP contribution in [0.4, 0.5) is 5.13 Å². The van der Waals surface area contributed by atoms with Gasteiger partial charge in [-0.3, -0.25) is 19.3 Å². The van der Waals surface area contributed by atoms with E-state index in [0.29, 0.717) is 29.4 Å². The molecule has 2 aromatic heterocycles. The Hall–Kier alpha value is -4.03. The van der Waals surface area contributed by atoms with Crippen LogP contribution in [-0.4, -0.2) is 94.6 Å². The van der Waals surface area contributed by atoms with Crippen molar-refractivity contribution in [2.24, 2.45) is 5.16 Å². The molecule has 0 saturated carbocycles. The van der Waals surface area contributed by atoms with Crippen LogP contribution in [0, 0.1) is 0 Å². The van der Waals surface area contributed by atoms with E-state index in [4.69, 9.17) is 4.84 Å². The van der Waals surface area contributed by atoms with Crippen LogP contribution < -0.4 is 10.6 Å². The third-order valence-corrected chi connectivity index (χ3v) is 8.36. The largest absolute Gasteiger partial charge is 0.477 e. The molecule has 0 spiro atoms. The van der Waals surface area contributed by atoms with E-state index in [1.807, 2.05) is 0 Å². The second-order valence-corrected chi connectivity index (χ2v) is 10.6. The van der Waals surface area contributed by atoms with Crippen LogP contribution in [0.2, 0.25) is 0 Å². The third kappa shape index (κ3) is 6.02. The summed E-state index contributed by atoms with van der Waals surface area (Å²) in [5.41, 5.74) is 0.298. The van der Waals surface area contributed by atoms with Crippen LogP contribution in [-0.2, 0) is 30.6 Å². The summed E-state index contributed by atoms with van der Waals surface area (Å²) in [6, 6.07) is -0.998. The van der Waals surface area contributed by atoms with Crippen LogP contribution >= 0.6 is 34.9 Å². The minimum atomic E-state index is -1.25. The van der Waals surface area contributed by atoms with Crippen molar-refractivity contribution in [3.8, 4) is 0 Å². The van der Waals surface area contributed by atoms with Crippen LogP contribution in [0.15, 0.2) is 52.3 Å². The minimum Gasteiger partial charge on any atom is -0.477 e. The lowest BCUT2D eigenvalue weighted by molar-refractivity contribution is -0.150. The van der Waals surface area contributed by atoms with Gasteiger partial charge in [0.1, 0.15) is 29.4 Å². The van der Waals surface area contributed by atoms with E-state index in [1.54, 1.807) is 6.08 Å². The summed E-state index contributed by atoms with van der Waals surface area (Å²) in [6.45, 7) is 7.58. The number of nitrogens with zero attached hydrogens (tertiary/aromatic N) is 7. The zero-order valence-corrected chi connectivity index (χ0v) is 22.5. The fourth-order valence-electron chi connectivity index (χ4n) is 3.55. The second kappa shape index (κ2) is 12.7. The number of rotatable bonds is 14. The van der Waals surface area contributed by atoms with E-state index < -0.39 is 29.2 Å². The summed E-state index contributed by atoms with van der Waals surface area (Å²) in [5, 5.41) is 31.7. The molecule has 0 aromatic carbocycles. The lowest BCUT2D eigenvalue weighted by Crippen LogP contribution is -2.71. The van der Waals surface area contributed by atoms with Crippen molar-refractivity contribution in [1.82, 2.24) is 35.4 Å². The number of fused-ring (bicyclic) bond motifs is 1. The van der Waals surface area contributed by atoms with Crippen molar-refractivity contribution in [1.29, 1.82) is 0 Å². The number of anilines is 1. The average Bonchev–Trinajstić information content (AvgIpc) is 3.57. The quantitative estimate of drug-likeness (QED) is 0.0519.